The van der Waals surface area contributed by atoms with Crippen molar-refractivity contribution in [3.63, 3.8) is 0 Å². The molecule has 2 N–H and O–H groups in total. The first-order valence-electron chi connectivity index (χ1n) is 8.68. The summed E-state index contributed by atoms with van der Waals surface area (Å²) in [6.07, 6.45) is 2.68. The predicted octanol–water partition coefficient (Wildman–Crippen LogP) is 2.73. The van der Waals surface area contributed by atoms with Crippen LogP contribution in [-0.2, 0) is 17.6 Å². The van der Waals surface area contributed by atoms with Crippen molar-refractivity contribution in [3.05, 3.63) is 47.0 Å². The fourth-order valence-electron chi connectivity index (χ4n) is 3.12. The Balaban J connectivity index is 1.81. The highest BCUT2D eigenvalue weighted by Crippen LogP contribution is 2.28. The first kappa shape index (κ1) is 18.1. The van der Waals surface area contributed by atoms with Gasteiger partial charge in [-0.05, 0) is 51.7 Å². The second-order valence-electron chi connectivity index (χ2n) is 7.19. The van der Waals surface area contributed by atoms with Gasteiger partial charge in [0.05, 0.1) is 5.41 Å². The van der Waals surface area contributed by atoms with Crippen LogP contribution >= 0.6 is 0 Å². The minimum atomic E-state index is -0.915. The Morgan fingerprint density at radius 2 is 2.04 bits per heavy atom. The lowest BCUT2D eigenvalue weighted by atomic mass is 9.90. The Morgan fingerprint density at radius 1 is 1.31 bits per heavy atom. The van der Waals surface area contributed by atoms with Gasteiger partial charge in [0.1, 0.15) is 11.5 Å². The molecule has 26 heavy (non-hydrogen) atoms. The summed E-state index contributed by atoms with van der Waals surface area (Å²) < 4.78 is 15.7. The van der Waals surface area contributed by atoms with E-state index in [0.29, 0.717) is 17.8 Å². The molecule has 1 amide bonds. The van der Waals surface area contributed by atoms with E-state index >= 15 is 0 Å². The van der Waals surface area contributed by atoms with Crippen molar-refractivity contribution in [2.75, 3.05) is 6.54 Å². The second-order valence-corrected chi connectivity index (χ2v) is 7.19. The molecule has 0 bridgehead atoms. The monoisotopic (exact) mass is 359 g/mol. The van der Waals surface area contributed by atoms with E-state index in [-0.39, 0.29) is 18.3 Å². The molecule has 0 spiro atoms. The molecule has 0 radical (unpaired) electrons. The molecule has 0 saturated carbocycles. The van der Waals surface area contributed by atoms with Crippen molar-refractivity contribution in [1.82, 2.24) is 15.1 Å². The lowest BCUT2D eigenvalue weighted by Gasteiger charge is -2.18. The number of benzene rings is 1. The SMILES string of the molecule is CC(C)(CCNC(=O)c1nn(-c2ccccc2F)c2c1CCC2)C(=O)O. The number of rotatable bonds is 6. The summed E-state index contributed by atoms with van der Waals surface area (Å²) in [5, 5.41) is 16.3. The fraction of sp³-hybridized carbons (Fsp3) is 0.421. The van der Waals surface area contributed by atoms with Gasteiger partial charge in [-0.1, -0.05) is 12.1 Å². The number of nitrogens with zero attached hydrogens (tertiary/aromatic N) is 2. The molecule has 7 heteroatoms. The first-order chi connectivity index (χ1) is 12.3. The van der Waals surface area contributed by atoms with Crippen LogP contribution in [0.15, 0.2) is 24.3 Å². The van der Waals surface area contributed by atoms with Crippen LogP contribution < -0.4 is 5.32 Å². The molecule has 0 saturated heterocycles. The van der Waals surface area contributed by atoms with Crippen molar-refractivity contribution in [2.24, 2.45) is 5.41 Å². The molecule has 1 aliphatic carbocycles. The van der Waals surface area contributed by atoms with Crippen LogP contribution in [0.5, 0.6) is 0 Å². The van der Waals surface area contributed by atoms with Crippen LogP contribution in [0, 0.1) is 11.2 Å². The number of amides is 1. The van der Waals surface area contributed by atoms with Crippen molar-refractivity contribution in [1.29, 1.82) is 0 Å². The minimum absolute atomic E-state index is 0.236. The van der Waals surface area contributed by atoms with E-state index in [1.54, 1.807) is 32.0 Å². The average molecular weight is 359 g/mol. The van der Waals surface area contributed by atoms with Gasteiger partial charge in [0.15, 0.2) is 5.69 Å². The molecule has 1 aliphatic rings. The molecular formula is C19H22FN3O3. The Kier molecular flexibility index (Phi) is 4.80. The zero-order valence-corrected chi connectivity index (χ0v) is 14.9. The lowest BCUT2D eigenvalue weighted by Crippen LogP contribution is -2.32. The number of fused-ring (bicyclic) bond motifs is 1. The zero-order chi connectivity index (χ0) is 18.9. The number of aromatic nitrogens is 2. The summed E-state index contributed by atoms with van der Waals surface area (Å²) in [5.74, 6) is -1.64. The van der Waals surface area contributed by atoms with E-state index in [9.17, 15) is 14.0 Å². The fourth-order valence-corrected chi connectivity index (χ4v) is 3.12. The summed E-state index contributed by atoms with van der Waals surface area (Å²) in [5.41, 5.74) is 1.43. The van der Waals surface area contributed by atoms with Gasteiger partial charge in [-0.25, -0.2) is 9.07 Å². The van der Waals surface area contributed by atoms with Crippen molar-refractivity contribution >= 4 is 11.9 Å². The average Bonchev–Trinajstić information content (AvgIpc) is 3.17. The number of hydrogen-bond donors (Lipinski definition) is 2. The van der Waals surface area contributed by atoms with Crippen LogP contribution in [0.1, 0.15) is 48.4 Å². The smallest absolute Gasteiger partial charge is 0.309 e. The van der Waals surface area contributed by atoms with Crippen LogP contribution in [0.2, 0.25) is 0 Å². The predicted molar refractivity (Wildman–Crippen MR) is 93.9 cm³/mol. The van der Waals surface area contributed by atoms with E-state index in [0.717, 1.165) is 30.5 Å². The highest BCUT2D eigenvalue weighted by atomic mass is 19.1. The Bertz CT molecular complexity index is 858. The van der Waals surface area contributed by atoms with Crippen LogP contribution in [0.25, 0.3) is 5.69 Å². The van der Waals surface area contributed by atoms with Gasteiger partial charge >= 0.3 is 5.97 Å². The second kappa shape index (κ2) is 6.90. The van der Waals surface area contributed by atoms with Gasteiger partial charge in [0.25, 0.3) is 5.91 Å². The van der Waals surface area contributed by atoms with Gasteiger partial charge < -0.3 is 10.4 Å². The number of aliphatic carboxylic acids is 1. The number of hydrogen-bond acceptors (Lipinski definition) is 3. The third-order valence-electron chi connectivity index (χ3n) is 4.84. The van der Waals surface area contributed by atoms with E-state index in [1.807, 2.05) is 0 Å². The molecule has 1 aromatic heterocycles. The molecule has 1 heterocycles. The van der Waals surface area contributed by atoms with E-state index in [1.165, 1.54) is 10.7 Å². The van der Waals surface area contributed by atoms with Crippen LogP contribution in [0.3, 0.4) is 0 Å². The highest BCUT2D eigenvalue weighted by molar-refractivity contribution is 5.94. The molecule has 1 aromatic carbocycles. The molecule has 2 aromatic rings. The summed E-state index contributed by atoms with van der Waals surface area (Å²) >= 11 is 0. The third kappa shape index (κ3) is 3.34. The molecule has 6 nitrogen and oxygen atoms in total. The standard InChI is InChI=1S/C19H22FN3O3/c1-19(2,18(25)26)10-11-21-17(24)16-12-6-5-9-14(12)23(22-16)15-8-4-3-7-13(15)20/h3-4,7-8H,5-6,9-11H2,1-2H3,(H,21,24)(H,25,26). The maximum absolute atomic E-state index is 14.1. The molecular weight excluding hydrogens is 337 g/mol. The van der Waals surface area contributed by atoms with Gasteiger partial charge in [-0.2, -0.15) is 5.10 Å². The van der Waals surface area contributed by atoms with Crippen LogP contribution in [0.4, 0.5) is 4.39 Å². The van der Waals surface area contributed by atoms with Crippen molar-refractivity contribution in [2.45, 2.75) is 39.5 Å². The van der Waals surface area contributed by atoms with E-state index in [2.05, 4.69) is 10.4 Å². The summed E-state index contributed by atoms with van der Waals surface area (Å²) in [4.78, 5) is 23.7. The van der Waals surface area contributed by atoms with Gasteiger partial charge in [0.2, 0.25) is 0 Å². The number of halogens is 1. The van der Waals surface area contributed by atoms with Crippen LogP contribution in [-0.4, -0.2) is 33.3 Å². The maximum atomic E-state index is 14.1. The lowest BCUT2D eigenvalue weighted by molar-refractivity contribution is -0.147. The molecule has 0 aliphatic heterocycles. The van der Waals surface area contributed by atoms with E-state index in [4.69, 9.17) is 5.11 Å². The molecule has 138 valence electrons. The summed E-state index contributed by atoms with van der Waals surface area (Å²) in [6.45, 7) is 3.47. The number of carboxylic acids is 1. The topological polar surface area (TPSA) is 84.2 Å². The number of carbonyl (C=O) groups is 2. The first-order valence-corrected chi connectivity index (χ1v) is 8.68. The number of carboxylic acid groups (broad SMARTS) is 1. The highest BCUT2D eigenvalue weighted by Gasteiger charge is 2.29. The Hall–Kier alpha value is -2.70. The normalized spacial score (nSPS) is 13.5. The number of nitrogens with one attached hydrogen (secondary N) is 1. The summed E-state index contributed by atoms with van der Waals surface area (Å²) in [7, 11) is 0. The molecule has 0 unspecified atom stereocenters. The maximum Gasteiger partial charge on any atom is 0.309 e. The third-order valence-corrected chi connectivity index (χ3v) is 4.84. The van der Waals surface area contributed by atoms with Crippen molar-refractivity contribution in [3.8, 4) is 5.69 Å². The van der Waals surface area contributed by atoms with Crippen molar-refractivity contribution < 1.29 is 19.1 Å². The molecule has 3 rings (SSSR count). The van der Waals surface area contributed by atoms with Gasteiger partial charge in [0, 0.05) is 17.8 Å². The van der Waals surface area contributed by atoms with Gasteiger partial charge in [-0.3, -0.25) is 9.59 Å². The zero-order valence-electron chi connectivity index (χ0n) is 14.9. The van der Waals surface area contributed by atoms with Gasteiger partial charge in [-0.15, -0.1) is 0 Å². The summed E-state index contributed by atoms with van der Waals surface area (Å²) in [6, 6.07) is 6.35. The largest absolute Gasteiger partial charge is 0.481 e. The Morgan fingerprint density at radius 3 is 2.73 bits per heavy atom. The number of carbonyl (C=O) groups excluding carboxylic acids is 1. The number of para-hydroxylation sites is 1. The Labute approximate surface area is 151 Å². The molecule has 0 atom stereocenters. The molecule has 0 fully saturated rings. The minimum Gasteiger partial charge on any atom is -0.481 e. The van der Waals surface area contributed by atoms with E-state index < -0.39 is 11.4 Å². The quantitative estimate of drug-likeness (QED) is 0.831.